The zero-order valence-electron chi connectivity index (χ0n) is 11.7. The van der Waals surface area contributed by atoms with Crippen LogP contribution >= 0.6 is 12.4 Å². The highest BCUT2D eigenvalue weighted by Gasteiger charge is 2.34. The Morgan fingerprint density at radius 2 is 1.95 bits per heavy atom. The minimum absolute atomic E-state index is 0. The highest BCUT2D eigenvalue weighted by molar-refractivity contribution is 7.88. The third-order valence-corrected chi connectivity index (χ3v) is 4.68. The van der Waals surface area contributed by atoms with Gasteiger partial charge in [-0.15, -0.1) is 12.4 Å². The van der Waals surface area contributed by atoms with Gasteiger partial charge in [-0.3, -0.25) is 0 Å². The maximum absolute atomic E-state index is 12.8. The summed E-state index contributed by atoms with van der Waals surface area (Å²) in [5, 5.41) is 3.12. The van der Waals surface area contributed by atoms with Crippen LogP contribution < -0.4 is 10.0 Å². The predicted molar refractivity (Wildman–Crippen MR) is 80.3 cm³/mol. The monoisotopic (exact) mass is 358 g/mol. The molecular formula is C13H18ClF3N2O2S. The fourth-order valence-corrected chi connectivity index (χ4v) is 3.56. The summed E-state index contributed by atoms with van der Waals surface area (Å²) in [6.07, 6.45) is -2.72. The van der Waals surface area contributed by atoms with E-state index in [4.69, 9.17) is 0 Å². The molecule has 1 unspecified atom stereocenters. The van der Waals surface area contributed by atoms with Crippen molar-refractivity contribution in [3.05, 3.63) is 35.4 Å². The second-order valence-corrected chi connectivity index (χ2v) is 6.86. The summed E-state index contributed by atoms with van der Waals surface area (Å²) in [5.74, 6) is -0.671. The van der Waals surface area contributed by atoms with Crippen LogP contribution in [0.15, 0.2) is 24.3 Å². The third kappa shape index (κ3) is 5.42. The Bertz CT molecular complexity index is 587. The first kappa shape index (κ1) is 19.2. The average Bonchev–Trinajstić information content (AvgIpc) is 2.88. The number of sulfonamides is 1. The standard InChI is InChI=1S/C13H17F3N2O2S.ClH/c14-13(15,16)12-6-2-1-4-10(12)9-21(19,20)18-8-11-5-3-7-17-11;/h1-2,4,6,11,17-18H,3,5,7-9H2;1H. The van der Waals surface area contributed by atoms with E-state index in [0.29, 0.717) is 0 Å². The van der Waals surface area contributed by atoms with Crippen molar-refractivity contribution in [3.63, 3.8) is 0 Å². The maximum atomic E-state index is 12.8. The van der Waals surface area contributed by atoms with Crippen LogP contribution in [0.1, 0.15) is 24.0 Å². The molecule has 2 N–H and O–H groups in total. The van der Waals surface area contributed by atoms with Gasteiger partial charge in [0.05, 0.1) is 11.3 Å². The molecule has 1 aliphatic rings. The van der Waals surface area contributed by atoms with Crippen molar-refractivity contribution in [2.45, 2.75) is 30.8 Å². The largest absolute Gasteiger partial charge is 0.416 e. The van der Waals surface area contributed by atoms with Crippen LogP contribution in [0.4, 0.5) is 13.2 Å². The molecule has 22 heavy (non-hydrogen) atoms. The topological polar surface area (TPSA) is 58.2 Å². The maximum Gasteiger partial charge on any atom is 0.416 e. The van der Waals surface area contributed by atoms with E-state index in [1.54, 1.807) is 0 Å². The van der Waals surface area contributed by atoms with E-state index in [1.165, 1.54) is 18.2 Å². The quantitative estimate of drug-likeness (QED) is 0.849. The number of halogens is 4. The zero-order valence-corrected chi connectivity index (χ0v) is 13.3. The summed E-state index contributed by atoms with van der Waals surface area (Å²) in [5.41, 5.74) is -1.15. The molecule has 1 aromatic rings. The highest BCUT2D eigenvalue weighted by atomic mass is 35.5. The summed E-state index contributed by atoms with van der Waals surface area (Å²) >= 11 is 0. The fourth-order valence-electron chi connectivity index (χ4n) is 2.34. The van der Waals surface area contributed by atoms with Gasteiger partial charge < -0.3 is 5.32 Å². The molecule has 0 bridgehead atoms. The predicted octanol–water partition coefficient (Wildman–Crippen LogP) is 2.30. The SMILES string of the molecule is Cl.O=S(=O)(Cc1ccccc1C(F)(F)F)NCC1CCCN1. The van der Waals surface area contributed by atoms with Crippen LogP contribution in [0.2, 0.25) is 0 Å². The van der Waals surface area contributed by atoms with Gasteiger partial charge in [-0.2, -0.15) is 13.2 Å². The summed E-state index contributed by atoms with van der Waals surface area (Å²) in [6.45, 7) is 1.04. The van der Waals surface area contributed by atoms with E-state index in [-0.39, 0.29) is 30.6 Å². The third-order valence-electron chi connectivity index (χ3n) is 3.38. The molecule has 4 nitrogen and oxygen atoms in total. The number of alkyl halides is 3. The van der Waals surface area contributed by atoms with Gasteiger partial charge in [-0.1, -0.05) is 18.2 Å². The van der Waals surface area contributed by atoms with Crippen molar-refractivity contribution in [3.8, 4) is 0 Å². The Morgan fingerprint density at radius 1 is 1.27 bits per heavy atom. The Morgan fingerprint density at radius 3 is 2.55 bits per heavy atom. The highest BCUT2D eigenvalue weighted by Crippen LogP contribution is 2.32. The molecule has 1 fully saturated rings. The van der Waals surface area contributed by atoms with E-state index in [9.17, 15) is 21.6 Å². The van der Waals surface area contributed by atoms with Crippen LogP contribution in [0.3, 0.4) is 0 Å². The molecule has 1 atom stereocenters. The lowest BCUT2D eigenvalue weighted by Crippen LogP contribution is -2.37. The summed E-state index contributed by atoms with van der Waals surface area (Å²) in [7, 11) is -3.79. The molecule has 0 saturated carbocycles. The summed E-state index contributed by atoms with van der Waals surface area (Å²) < 4.78 is 64.7. The average molecular weight is 359 g/mol. The number of nitrogens with one attached hydrogen (secondary N) is 2. The molecule has 9 heteroatoms. The number of rotatable bonds is 5. The first-order chi connectivity index (χ1) is 9.78. The molecule has 1 heterocycles. The Hall–Kier alpha value is -0.830. The van der Waals surface area contributed by atoms with E-state index >= 15 is 0 Å². The van der Waals surface area contributed by atoms with Gasteiger partial charge in [0, 0.05) is 12.6 Å². The second-order valence-electron chi connectivity index (χ2n) is 5.06. The van der Waals surface area contributed by atoms with Gasteiger partial charge in [0.2, 0.25) is 10.0 Å². The Kier molecular flexibility index (Phi) is 6.66. The van der Waals surface area contributed by atoms with Gasteiger partial charge in [0.25, 0.3) is 0 Å². The molecular weight excluding hydrogens is 341 g/mol. The van der Waals surface area contributed by atoms with Crippen LogP contribution in [0.25, 0.3) is 0 Å². The minimum atomic E-state index is -4.56. The molecule has 126 valence electrons. The van der Waals surface area contributed by atoms with Crippen molar-refractivity contribution in [2.24, 2.45) is 0 Å². The van der Waals surface area contributed by atoms with E-state index in [1.807, 2.05) is 0 Å². The molecule has 0 amide bonds. The van der Waals surface area contributed by atoms with Crippen molar-refractivity contribution < 1.29 is 21.6 Å². The lowest BCUT2D eigenvalue weighted by atomic mass is 10.1. The summed E-state index contributed by atoms with van der Waals surface area (Å²) in [4.78, 5) is 0. The minimum Gasteiger partial charge on any atom is -0.313 e. The van der Waals surface area contributed by atoms with Crippen LogP contribution in [0.5, 0.6) is 0 Å². The number of hydrogen-bond acceptors (Lipinski definition) is 3. The lowest BCUT2D eigenvalue weighted by Gasteiger charge is -2.15. The van der Waals surface area contributed by atoms with Gasteiger partial charge in [0.15, 0.2) is 0 Å². The Balaban J connectivity index is 0.00000242. The molecule has 0 aliphatic carbocycles. The van der Waals surface area contributed by atoms with E-state index in [2.05, 4.69) is 10.0 Å². The molecule has 1 aromatic carbocycles. The second kappa shape index (κ2) is 7.63. The van der Waals surface area contributed by atoms with Crippen molar-refractivity contribution in [2.75, 3.05) is 13.1 Å². The van der Waals surface area contributed by atoms with Gasteiger partial charge in [-0.05, 0) is 31.0 Å². The normalized spacial score (nSPS) is 19.0. The Labute approximate surface area is 133 Å². The summed E-state index contributed by atoms with van der Waals surface area (Å²) in [6, 6.07) is 4.78. The molecule has 2 rings (SSSR count). The van der Waals surface area contributed by atoms with Crippen LogP contribution in [-0.2, 0) is 22.0 Å². The van der Waals surface area contributed by atoms with Crippen molar-refractivity contribution in [1.29, 1.82) is 0 Å². The van der Waals surface area contributed by atoms with Crippen LogP contribution in [0, 0.1) is 0 Å². The first-order valence-corrected chi connectivity index (χ1v) is 8.29. The zero-order chi connectivity index (χ0) is 15.5. The smallest absolute Gasteiger partial charge is 0.313 e. The fraction of sp³-hybridized carbons (Fsp3) is 0.538. The van der Waals surface area contributed by atoms with Crippen molar-refractivity contribution >= 4 is 22.4 Å². The van der Waals surface area contributed by atoms with Gasteiger partial charge >= 0.3 is 6.18 Å². The van der Waals surface area contributed by atoms with Crippen LogP contribution in [-0.4, -0.2) is 27.5 Å². The van der Waals surface area contributed by atoms with Crippen molar-refractivity contribution in [1.82, 2.24) is 10.0 Å². The number of benzene rings is 1. The molecule has 0 radical (unpaired) electrons. The lowest BCUT2D eigenvalue weighted by molar-refractivity contribution is -0.138. The molecule has 1 aliphatic heterocycles. The molecule has 0 spiro atoms. The molecule has 0 aromatic heterocycles. The first-order valence-electron chi connectivity index (χ1n) is 6.64. The van der Waals surface area contributed by atoms with Gasteiger partial charge in [0.1, 0.15) is 0 Å². The van der Waals surface area contributed by atoms with E-state index in [0.717, 1.165) is 25.5 Å². The molecule has 1 saturated heterocycles. The van der Waals surface area contributed by atoms with E-state index < -0.39 is 27.5 Å². The van der Waals surface area contributed by atoms with Gasteiger partial charge in [-0.25, -0.2) is 13.1 Å². The number of hydrogen-bond donors (Lipinski definition) is 2.